The normalized spacial score (nSPS) is 16.7. The van der Waals surface area contributed by atoms with Gasteiger partial charge in [0.05, 0.1) is 12.2 Å². The Morgan fingerprint density at radius 2 is 1.72 bits per heavy atom. The number of hydrogen-bond acceptors (Lipinski definition) is 2. The summed E-state index contributed by atoms with van der Waals surface area (Å²) in [6.07, 6.45) is 0. The Kier molecular flexibility index (Phi) is 2.89. The van der Waals surface area contributed by atoms with E-state index in [0.717, 1.165) is 5.69 Å². The van der Waals surface area contributed by atoms with Gasteiger partial charge in [-0.1, -0.05) is 32.9 Å². The number of carbonyl (C=O) groups is 1. The van der Waals surface area contributed by atoms with Crippen LogP contribution in [0.2, 0.25) is 0 Å². The molecule has 4 heteroatoms. The van der Waals surface area contributed by atoms with E-state index in [2.05, 4.69) is 20.8 Å². The first kappa shape index (κ1) is 12.6. The van der Waals surface area contributed by atoms with Crippen molar-refractivity contribution >= 4 is 17.6 Å². The number of benzene rings is 1. The molecule has 96 valence electrons. The van der Waals surface area contributed by atoms with Gasteiger partial charge in [0.25, 0.3) is 0 Å². The zero-order valence-electron chi connectivity index (χ0n) is 11.3. The van der Waals surface area contributed by atoms with Crippen LogP contribution in [0.15, 0.2) is 24.3 Å². The molecule has 2 rings (SSSR count). The number of hydrogen-bond donors (Lipinski definition) is 1. The highest BCUT2D eigenvalue weighted by molar-refractivity contribution is 6.20. The number of carbonyl (C=O) groups excluding carboxylic acids is 1. The number of rotatable bonds is 1. The lowest BCUT2D eigenvalue weighted by Crippen LogP contribution is -2.31. The average Bonchev–Trinajstić information content (AvgIpc) is 2.52. The summed E-state index contributed by atoms with van der Waals surface area (Å²) in [5, 5.41) is 7.84. The van der Waals surface area contributed by atoms with E-state index in [-0.39, 0.29) is 11.4 Å². The molecule has 0 aliphatic carbocycles. The molecule has 1 fully saturated rings. The molecule has 1 heterocycles. The van der Waals surface area contributed by atoms with E-state index < -0.39 is 0 Å². The van der Waals surface area contributed by atoms with Crippen LogP contribution in [0.3, 0.4) is 0 Å². The van der Waals surface area contributed by atoms with Gasteiger partial charge >= 0.3 is 6.03 Å². The summed E-state index contributed by atoms with van der Waals surface area (Å²) < 4.78 is 0. The third-order valence-corrected chi connectivity index (χ3v) is 3.17. The molecular formula is C14H19N3O. The smallest absolute Gasteiger partial charge is 0.320 e. The number of amides is 2. The molecule has 1 aromatic rings. The molecule has 2 amide bonds. The monoisotopic (exact) mass is 245 g/mol. The van der Waals surface area contributed by atoms with Crippen molar-refractivity contribution in [2.75, 3.05) is 18.5 Å². The van der Waals surface area contributed by atoms with Gasteiger partial charge in [0, 0.05) is 7.05 Å². The number of nitrogens with one attached hydrogen (secondary N) is 1. The van der Waals surface area contributed by atoms with Crippen LogP contribution in [0.1, 0.15) is 26.3 Å². The number of nitrogens with zero attached hydrogens (tertiary/aromatic N) is 2. The van der Waals surface area contributed by atoms with Crippen molar-refractivity contribution in [3.8, 4) is 0 Å². The third-order valence-electron chi connectivity index (χ3n) is 3.17. The maximum Gasteiger partial charge on any atom is 0.330 e. The van der Waals surface area contributed by atoms with Crippen molar-refractivity contribution in [1.82, 2.24) is 4.90 Å². The van der Waals surface area contributed by atoms with Crippen LogP contribution >= 0.6 is 0 Å². The van der Waals surface area contributed by atoms with Crippen LogP contribution in [0.25, 0.3) is 0 Å². The Bertz CT molecular complexity index is 485. The molecule has 1 aliphatic rings. The fourth-order valence-electron chi connectivity index (χ4n) is 2.03. The van der Waals surface area contributed by atoms with E-state index in [1.807, 2.05) is 24.3 Å². The van der Waals surface area contributed by atoms with E-state index in [1.165, 1.54) is 10.5 Å². The van der Waals surface area contributed by atoms with Crippen LogP contribution in [-0.4, -0.2) is 30.4 Å². The van der Waals surface area contributed by atoms with Crippen molar-refractivity contribution in [2.24, 2.45) is 0 Å². The minimum Gasteiger partial charge on any atom is -0.320 e. The van der Waals surface area contributed by atoms with Gasteiger partial charge in [0.2, 0.25) is 0 Å². The molecule has 0 radical (unpaired) electrons. The topological polar surface area (TPSA) is 47.4 Å². The van der Waals surface area contributed by atoms with Crippen LogP contribution in [0, 0.1) is 5.41 Å². The van der Waals surface area contributed by atoms with Gasteiger partial charge in [-0.05, 0) is 23.1 Å². The van der Waals surface area contributed by atoms with Crippen molar-refractivity contribution < 1.29 is 4.79 Å². The number of amidine groups is 1. The molecule has 4 nitrogen and oxygen atoms in total. The number of anilines is 1. The Hall–Kier alpha value is -1.84. The predicted octanol–water partition coefficient (Wildman–Crippen LogP) is 2.83. The molecule has 0 spiro atoms. The highest BCUT2D eigenvalue weighted by Gasteiger charge is 2.31. The van der Waals surface area contributed by atoms with Crippen molar-refractivity contribution in [3.63, 3.8) is 0 Å². The Morgan fingerprint density at radius 3 is 2.11 bits per heavy atom. The summed E-state index contributed by atoms with van der Waals surface area (Å²) in [6, 6.07) is 7.73. The second-order valence-corrected chi connectivity index (χ2v) is 5.72. The Balaban J connectivity index is 2.31. The molecule has 0 atom stereocenters. The summed E-state index contributed by atoms with van der Waals surface area (Å²) in [5.74, 6) is 0.325. The first-order chi connectivity index (χ1) is 8.30. The first-order valence-electron chi connectivity index (χ1n) is 6.04. The summed E-state index contributed by atoms with van der Waals surface area (Å²) in [4.78, 5) is 14.9. The average molecular weight is 245 g/mol. The molecule has 0 aromatic heterocycles. The molecule has 0 unspecified atom stereocenters. The zero-order chi connectivity index (χ0) is 13.5. The quantitative estimate of drug-likeness (QED) is 0.812. The Labute approximate surface area is 108 Å². The van der Waals surface area contributed by atoms with E-state index in [0.29, 0.717) is 12.4 Å². The lowest BCUT2D eigenvalue weighted by atomic mass is 9.87. The third kappa shape index (κ3) is 2.10. The zero-order valence-corrected chi connectivity index (χ0v) is 11.3. The summed E-state index contributed by atoms with van der Waals surface area (Å²) in [6.45, 7) is 6.83. The van der Waals surface area contributed by atoms with E-state index in [4.69, 9.17) is 5.41 Å². The molecule has 18 heavy (non-hydrogen) atoms. The van der Waals surface area contributed by atoms with Gasteiger partial charge in [-0.25, -0.2) is 9.69 Å². The predicted molar refractivity (Wildman–Crippen MR) is 73.4 cm³/mol. The molecule has 1 N–H and O–H groups in total. The summed E-state index contributed by atoms with van der Waals surface area (Å²) >= 11 is 0. The van der Waals surface area contributed by atoms with Gasteiger partial charge in [0.1, 0.15) is 5.84 Å². The highest BCUT2D eigenvalue weighted by atomic mass is 16.2. The molecular weight excluding hydrogens is 226 g/mol. The molecule has 1 aromatic carbocycles. The minimum atomic E-state index is -0.136. The van der Waals surface area contributed by atoms with Gasteiger partial charge in [-0.3, -0.25) is 5.41 Å². The van der Waals surface area contributed by atoms with Gasteiger partial charge < -0.3 is 4.90 Å². The molecule has 1 aliphatic heterocycles. The van der Waals surface area contributed by atoms with Crippen LogP contribution in [0.5, 0.6) is 0 Å². The lowest BCUT2D eigenvalue weighted by Gasteiger charge is -2.21. The molecule has 1 saturated heterocycles. The van der Waals surface area contributed by atoms with Crippen molar-refractivity contribution in [3.05, 3.63) is 29.8 Å². The van der Waals surface area contributed by atoms with Crippen LogP contribution < -0.4 is 4.90 Å². The van der Waals surface area contributed by atoms with Gasteiger partial charge in [-0.15, -0.1) is 0 Å². The number of likely N-dealkylation sites (N-methyl/N-ethyl adjacent to an activating group) is 1. The van der Waals surface area contributed by atoms with E-state index in [1.54, 1.807) is 11.9 Å². The fraction of sp³-hybridized carbons (Fsp3) is 0.429. The maximum absolute atomic E-state index is 11.9. The largest absolute Gasteiger partial charge is 0.330 e. The minimum absolute atomic E-state index is 0.0951. The SMILES string of the molecule is CN1CC(=N)N(c2ccc(C(C)(C)C)cc2)C1=O. The lowest BCUT2D eigenvalue weighted by molar-refractivity contribution is 0.229. The fourth-order valence-corrected chi connectivity index (χ4v) is 2.03. The highest BCUT2D eigenvalue weighted by Crippen LogP contribution is 2.26. The standard InChI is InChI=1S/C14H19N3O/c1-14(2,3)10-5-7-11(8-6-10)17-12(15)9-16(4)13(17)18/h5-8,15H,9H2,1-4H3. The van der Waals surface area contributed by atoms with Crippen LogP contribution in [0.4, 0.5) is 10.5 Å². The number of urea groups is 1. The van der Waals surface area contributed by atoms with Crippen molar-refractivity contribution in [2.45, 2.75) is 26.2 Å². The van der Waals surface area contributed by atoms with Gasteiger partial charge in [-0.2, -0.15) is 0 Å². The van der Waals surface area contributed by atoms with Crippen molar-refractivity contribution in [1.29, 1.82) is 5.41 Å². The Morgan fingerprint density at radius 1 is 1.17 bits per heavy atom. The van der Waals surface area contributed by atoms with E-state index in [9.17, 15) is 4.79 Å². The first-order valence-corrected chi connectivity index (χ1v) is 6.04. The van der Waals surface area contributed by atoms with Crippen LogP contribution in [-0.2, 0) is 5.41 Å². The summed E-state index contributed by atoms with van der Waals surface area (Å²) in [7, 11) is 1.71. The van der Waals surface area contributed by atoms with Gasteiger partial charge in [0.15, 0.2) is 0 Å². The second kappa shape index (κ2) is 4.12. The summed E-state index contributed by atoms with van der Waals surface area (Å²) in [5.41, 5.74) is 2.08. The molecule has 0 saturated carbocycles. The van der Waals surface area contributed by atoms with E-state index >= 15 is 0 Å². The maximum atomic E-state index is 11.9. The second-order valence-electron chi connectivity index (χ2n) is 5.72. The molecule has 0 bridgehead atoms.